The van der Waals surface area contributed by atoms with E-state index in [1.54, 1.807) is 6.92 Å². The van der Waals surface area contributed by atoms with Crippen molar-refractivity contribution in [3.8, 4) is 0 Å². The third kappa shape index (κ3) is 2.85. The second-order valence-electron chi connectivity index (χ2n) is 4.60. The number of aryl methyl sites for hydroxylation is 2. The number of aromatic nitrogens is 2. The molecule has 1 aromatic heterocycles. The average Bonchev–Trinajstić information content (AvgIpc) is 3.02. The maximum absolute atomic E-state index is 11.5. The van der Waals surface area contributed by atoms with E-state index in [4.69, 9.17) is 9.63 Å². The minimum absolute atomic E-state index is 0.196. The number of carbonyl (C=O) groups is 2. The molecule has 0 atom stereocenters. The van der Waals surface area contributed by atoms with Gasteiger partial charge in [-0.1, -0.05) is 5.16 Å². The fraction of sp³-hybridized carbons (Fsp3) is 0.636. The number of aliphatic carboxylic acids is 1. The van der Waals surface area contributed by atoms with Crippen LogP contribution in [0.15, 0.2) is 4.52 Å². The van der Waals surface area contributed by atoms with Crippen molar-refractivity contribution in [2.24, 2.45) is 5.41 Å². The SMILES string of the molecule is Cc1noc(CCC(=O)NCC2(C(=O)O)CC2)n1. The standard InChI is InChI=1S/C11H15N3O4/c1-7-13-9(18-14-7)3-2-8(15)12-6-11(4-5-11)10(16)17/h2-6H2,1H3,(H,12,15)(H,16,17). The number of amides is 1. The summed E-state index contributed by atoms with van der Waals surface area (Å²) >= 11 is 0. The number of rotatable bonds is 6. The van der Waals surface area contributed by atoms with Crippen molar-refractivity contribution in [2.75, 3.05) is 6.54 Å². The molecule has 1 aromatic rings. The Bertz CT molecular complexity index is 465. The molecule has 7 heteroatoms. The van der Waals surface area contributed by atoms with Gasteiger partial charge < -0.3 is 14.9 Å². The number of carboxylic acids is 1. The van der Waals surface area contributed by atoms with Crippen LogP contribution in [-0.4, -0.2) is 33.7 Å². The minimum Gasteiger partial charge on any atom is -0.481 e. The maximum atomic E-state index is 11.5. The summed E-state index contributed by atoms with van der Waals surface area (Å²) in [6.45, 7) is 1.90. The van der Waals surface area contributed by atoms with Gasteiger partial charge in [-0.3, -0.25) is 9.59 Å². The largest absolute Gasteiger partial charge is 0.481 e. The highest BCUT2D eigenvalue weighted by Gasteiger charge is 2.50. The molecule has 0 bridgehead atoms. The third-order valence-electron chi connectivity index (χ3n) is 3.07. The van der Waals surface area contributed by atoms with Gasteiger partial charge in [-0.15, -0.1) is 0 Å². The van der Waals surface area contributed by atoms with Gasteiger partial charge in [0, 0.05) is 19.4 Å². The van der Waals surface area contributed by atoms with Gasteiger partial charge in [0.2, 0.25) is 11.8 Å². The molecular formula is C11H15N3O4. The van der Waals surface area contributed by atoms with Gasteiger partial charge >= 0.3 is 5.97 Å². The summed E-state index contributed by atoms with van der Waals surface area (Å²) in [7, 11) is 0. The highest BCUT2D eigenvalue weighted by atomic mass is 16.5. The number of nitrogens with zero attached hydrogens (tertiary/aromatic N) is 2. The lowest BCUT2D eigenvalue weighted by Crippen LogP contribution is -2.34. The van der Waals surface area contributed by atoms with Crippen molar-refractivity contribution in [3.05, 3.63) is 11.7 Å². The Morgan fingerprint density at radius 2 is 2.22 bits per heavy atom. The fourth-order valence-electron chi connectivity index (χ4n) is 1.64. The Labute approximate surface area is 104 Å². The van der Waals surface area contributed by atoms with E-state index in [1.165, 1.54) is 0 Å². The van der Waals surface area contributed by atoms with Crippen molar-refractivity contribution < 1.29 is 19.2 Å². The fourth-order valence-corrected chi connectivity index (χ4v) is 1.64. The van der Waals surface area contributed by atoms with Crippen LogP contribution in [0.4, 0.5) is 0 Å². The van der Waals surface area contributed by atoms with E-state index in [1.807, 2.05) is 0 Å². The summed E-state index contributed by atoms with van der Waals surface area (Å²) in [5, 5.41) is 15.2. The molecule has 2 rings (SSSR count). The van der Waals surface area contributed by atoms with Crippen LogP contribution in [0.5, 0.6) is 0 Å². The van der Waals surface area contributed by atoms with E-state index in [0.717, 1.165) is 0 Å². The van der Waals surface area contributed by atoms with E-state index < -0.39 is 11.4 Å². The number of hydrogen-bond donors (Lipinski definition) is 2. The molecule has 0 aromatic carbocycles. The first-order valence-corrected chi connectivity index (χ1v) is 5.81. The molecule has 2 N–H and O–H groups in total. The molecule has 0 saturated heterocycles. The Kier molecular flexibility index (Phi) is 3.31. The summed E-state index contributed by atoms with van der Waals surface area (Å²) in [4.78, 5) is 26.4. The van der Waals surface area contributed by atoms with Gasteiger partial charge in [-0.05, 0) is 19.8 Å². The van der Waals surface area contributed by atoms with Crippen LogP contribution in [0, 0.1) is 12.3 Å². The van der Waals surface area contributed by atoms with Crippen LogP contribution in [0.25, 0.3) is 0 Å². The van der Waals surface area contributed by atoms with E-state index >= 15 is 0 Å². The predicted octanol–water partition coefficient (Wildman–Crippen LogP) is 0.292. The van der Waals surface area contributed by atoms with Gasteiger partial charge in [-0.2, -0.15) is 4.98 Å². The molecule has 1 aliphatic carbocycles. The van der Waals surface area contributed by atoms with Crippen molar-refractivity contribution in [1.29, 1.82) is 0 Å². The zero-order valence-electron chi connectivity index (χ0n) is 10.1. The molecule has 18 heavy (non-hydrogen) atoms. The normalized spacial score (nSPS) is 16.3. The van der Waals surface area contributed by atoms with E-state index in [9.17, 15) is 9.59 Å². The number of hydrogen-bond acceptors (Lipinski definition) is 5. The smallest absolute Gasteiger partial charge is 0.311 e. The highest BCUT2D eigenvalue weighted by molar-refractivity contribution is 5.80. The molecule has 1 amide bonds. The van der Waals surface area contributed by atoms with Gasteiger partial charge in [0.1, 0.15) is 0 Å². The van der Waals surface area contributed by atoms with Crippen molar-refractivity contribution in [3.63, 3.8) is 0 Å². The molecule has 0 aliphatic heterocycles. The number of carbonyl (C=O) groups excluding carboxylic acids is 1. The lowest BCUT2D eigenvalue weighted by Gasteiger charge is -2.10. The lowest BCUT2D eigenvalue weighted by atomic mass is 10.1. The first kappa shape index (κ1) is 12.5. The number of carboxylic acid groups (broad SMARTS) is 1. The molecule has 1 heterocycles. The summed E-state index contributed by atoms with van der Waals surface area (Å²) < 4.78 is 4.88. The molecule has 1 fully saturated rings. The number of nitrogens with one attached hydrogen (secondary N) is 1. The zero-order chi connectivity index (χ0) is 13.2. The Hall–Kier alpha value is -1.92. The van der Waals surface area contributed by atoms with Gasteiger partial charge in [0.05, 0.1) is 5.41 Å². The van der Waals surface area contributed by atoms with Gasteiger partial charge in [0.25, 0.3) is 0 Å². The molecule has 0 spiro atoms. The monoisotopic (exact) mass is 253 g/mol. The molecule has 7 nitrogen and oxygen atoms in total. The summed E-state index contributed by atoms with van der Waals surface area (Å²) in [6.07, 6.45) is 1.85. The molecule has 1 saturated carbocycles. The lowest BCUT2D eigenvalue weighted by molar-refractivity contribution is -0.143. The second-order valence-corrected chi connectivity index (χ2v) is 4.60. The van der Waals surface area contributed by atoms with E-state index in [2.05, 4.69) is 15.5 Å². The minimum atomic E-state index is -0.838. The molecule has 1 aliphatic rings. The third-order valence-corrected chi connectivity index (χ3v) is 3.07. The maximum Gasteiger partial charge on any atom is 0.311 e. The molecule has 0 radical (unpaired) electrons. The van der Waals surface area contributed by atoms with Crippen LogP contribution < -0.4 is 5.32 Å². The molecule has 0 unspecified atom stereocenters. The van der Waals surface area contributed by atoms with E-state index in [0.29, 0.717) is 31.0 Å². The van der Waals surface area contributed by atoms with E-state index in [-0.39, 0.29) is 18.9 Å². The first-order chi connectivity index (χ1) is 8.52. The van der Waals surface area contributed by atoms with Crippen LogP contribution in [0.2, 0.25) is 0 Å². The Balaban J connectivity index is 1.71. The van der Waals surface area contributed by atoms with Gasteiger partial charge in [-0.25, -0.2) is 0 Å². The Morgan fingerprint density at radius 3 is 2.72 bits per heavy atom. The van der Waals surface area contributed by atoms with Crippen LogP contribution >= 0.6 is 0 Å². The van der Waals surface area contributed by atoms with Crippen LogP contribution in [0.3, 0.4) is 0 Å². The zero-order valence-corrected chi connectivity index (χ0v) is 10.1. The molecular weight excluding hydrogens is 238 g/mol. The van der Waals surface area contributed by atoms with Crippen molar-refractivity contribution >= 4 is 11.9 Å². The van der Waals surface area contributed by atoms with Crippen molar-refractivity contribution in [2.45, 2.75) is 32.6 Å². The van der Waals surface area contributed by atoms with Gasteiger partial charge in [0.15, 0.2) is 5.82 Å². The van der Waals surface area contributed by atoms with Crippen LogP contribution in [0.1, 0.15) is 31.0 Å². The summed E-state index contributed by atoms with van der Waals surface area (Å²) in [5.41, 5.74) is -0.725. The summed E-state index contributed by atoms with van der Waals surface area (Å²) in [6, 6.07) is 0. The Morgan fingerprint density at radius 1 is 1.50 bits per heavy atom. The first-order valence-electron chi connectivity index (χ1n) is 5.81. The average molecular weight is 253 g/mol. The topological polar surface area (TPSA) is 105 Å². The highest BCUT2D eigenvalue weighted by Crippen LogP contribution is 2.45. The second kappa shape index (κ2) is 4.75. The molecule has 98 valence electrons. The summed E-state index contributed by atoms with van der Waals surface area (Å²) in [5.74, 6) is -0.0797. The van der Waals surface area contributed by atoms with Crippen molar-refractivity contribution in [1.82, 2.24) is 15.5 Å². The quantitative estimate of drug-likeness (QED) is 0.755. The predicted molar refractivity (Wildman–Crippen MR) is 59.7 cm³/mol. The van der Waals surface area contributed by atoms with Crippen LogP contribution in [-0.2, 0) is 16.0 Å².